The Morgan fingerprint density at radius 1 is 1.29 bits per heavy atom. The van der Waals surface area contributed by atoms with Crippen LogP contribution >= 0.6 is 11.6 Å². The van der Waals surface area contributed by atoms with Crippen LogP contribution in [0.15, 0.2) is 16.4 Å². The number of hydrogen-bond donors (Lipinski definition) is 0. The molecule has 0 unspecified atom stereocenters. The van der Waals surface area contributed by atoms with Crippen molar-refractivity contribution < 1.29 is 9.16 Å². The third-order valence-corrected chi connectivity index (χ3v) is 7.29. The Kier molecular flexibility index (Phi) is 6.27. The molecular formula is C12H24ClNO2Si. The molecule has 0 saturated heterocycles. The summed E-state index contributed by atoms with van der Waals surface area (Å²) in [6.45, 7) is 14.7. The summed E-state index contributed by atoms with van der Waals surface area (Å²) in [6.07, 6.45) is 1.48. The molecule has 0 aliphatic heterocycles. The second kappa shape index (κ2) is 6.45. The predicted octanol–water partition coefficient (Wildman–Crippen LogP) is 4.50. The van der Waals surface area contributed by atoms with E-state index < -0.39 is 8.32 Å². The average molecular weight is 278 g/mol. The molecule has 0 bridgehead atoms. The molecule has 0 fully saturated rings. The van der Waals surface area contributed by atoms with Gasteiger partial charge in [-0.1, -0.05) is 32.4 Å². The summed E-state index contributed by atoms with van der Waals surface area (Å²) < 4.78 is 11.1. The Balaban J connectivity index is 4.58. The summed E-state index contributed by atoms with van der Waals surface area (Å²) in [4.78, 5) is 4.08. The molecule has 0 radical (unpaired) electrons. The van der Waals surface area contributed by atoms with Crippen LogP contribution in [0.25, 0.3) is 0 Å². The van der Waals surface area contributed by atoms with Crippen LogP contribution in [0.5, 0.6) is 0 Å². The first-order valence-corrected chi connectivity index (χ1v) is 9.12. The normalized spacial score (nSPS) is 14.5. The van der Waals surface area contributed by atoms with Crippen LogP contribution in [0.4, 0.5) is 0 Å². The number of nitrogens with zero attached hydrogens (tertiary/aromatic N) is 1. The van der Waals surface area contributed by atoms with Gasteiger partial charge in [-0.05, 0) is 32.0 Å². The Bertz CT molecular complexity index is 293. The molecular weight excluding hydrogens is 254 g/mol. The summed E-state index contributed by atoms with van der Waals surface area (Å²) in [5.41, 5.74) is 1.35. The first kappa shape index (κ1) is 16.5. The van der Waals surface area contributed by atoms with Crippen LogP contribution in [0.3, 0.4) is 0 Å². The van der Waals surface area contributed by atoms with Crippen molar-refractivity contribution >= 4 is 26.3 Å². The van der Waals surface area contributed by atoms with Crippen LogP contribution in [-0.4, -0.2) is 20.8 Å². The third kappa shape index (κ3) is 6.12. The number of ether oxygens (including phenoxy) is 1. The van der Waals surface area contributed by atoms with Gasteiger partial charge in [-0.3, -0.25) is 0 Å². The molecule has 0 saturated carbocycles. The lowest BCUT2D eigenvalue weighted by molar-refractivity contribution is 0.239. The minimum atomic E-state index is -1.89. The van der Waals surface area contributed by atoms with Crippen LogP contribution in [0.2, 0.25) is 18.1 Å². The SMILES string of the molecule is CC(C)O/C=N/C(=C\Cl)O[Si](C)(C)C(C)(C)C. The lowest BCUT2D eigenvalue weighted by Gasteiger charge is -2.36. The predicted molar refractivity (Wildman–Crippen MR) is 76.9 cm³/mol. The number of hydrogen-bond acceptors (Lipinski definition) is 3. The van der Waals surface area contributed by atoms with Gasteiger partial charge in [0, 0.05) is 0 Å². The van der Waals surface area contributed by atoms with Gasteiger partial charge in [0.2, 0.25) is 5.88 Å². The fraction of sp³-hybridized carbons (Fsp3) is 0.750. The van der Waals surface area contributed by atoms with Gasteiger partial charge in [0.05, 0.1) is 11.6 Å². The fourth-order valence-corrected chi connectivity index (χ4v) is 1.81. The van der Waals surface area contributed by atoms with E-state index in [1.54, 1.807) is 0 Å². The van der Waals surface area contributed by atoms with Gasteiger partial charge in [-0.2, -0.15) is 4.99 Å². The molecule has 3 nitrogen and oxygen atoms in total. The maximum absolute atomic E-state index is 5.92. The molecule has 17 heavy (non-hydrogen) atoms. The Labute approximate surface area is 111 Å². The van der Waals surface area contributed by atoms with E-state index in [-0.39, 0.29) is 11.1 Å². The van der Waals surface area contributed by atoms with Gasteiger partial charge in [0.1, 0.15) is 0 Å². The molecule has 0 atom stereocenters. The molecule has 0 aromatic carbocycles. The molecule has 0 N–H and O–H groups in total. The van der Waals surface area contributed by atoms with E-state index in [2.05, 4.69) is 38.9 Å². The van der Waals surface area contributed by atoms with E-state index in [0.717, 1.165) is 0 Å². The van der Waals surface area contributed by atoms with Crippen LogP contribution in [0, 0.1) is 0 Å². The molecule has 0 amide bonds. The summed E-state index contributed by atoms with van der Waals surface area (Å²) in [5.74, 6) is 0.416. The van der Waals surface area contributed by atoms with Gasteiger partial charge >= 0.3 is 0 Å². The quantitative estimate of drug-likeness (QED) is 0.321. The van der Waals surface area contributed by atoms with Crippen molar-refractivity contribution in [2.45, 2.75) is 58.9 Å². The van der Waals surface area contributed by atoms with Crippen molar-refractivity contribution in [3.8, 4) is 0 Å². The van der Waals surface area contributed by atoms with Crippen molar-refractivity contribution in [2.24, 2.45) is 4.99 Å². The van der Waals surface area contributed by atoms with Crippen molar-refractivity contribution in [2.75, 3.05) is 0 Å². The second-order valence-corrected chi connectivity index (χ2v) is 10.7. The number of rotatable bonds is 5. The second-order valence-electron chi connectivity index (χ2n) is 5.73. The number of aliphatic imine (C=N–C) groups is 1. The molecule has 0 heterocycles. The van der Waals surface area contributed by atoms with Crippen LogP contribution in [0.1, 0.15) is 34.6 Å². The lowest BCUT2D eigenvalue weighted by atomic mass is 10.2. The van der Waals surface area contributed by atoms with E-state index >= 15 is 0 Å². The smallest absolute Gasteiger partial charge is 0.252 e. The first-order chi connectivity index (χ1) is 7.60. The topological polar surface area (TPSA) is 30.8 Å². The highest BCUT2D eigenvalue weighted by Gasteiger charge is 2.39. The summed E-state index contributed by atoms with van der Waals surface area (Å²) in [7, 11) is -1.89. The van der Waals surface area contributed by atoms with E-state index in [1.807, 2.05) is 13.8 Å². The van der Waals surface area contributed by atoms with E-state index in [4.69, 9.17) is 20.8 Å². The summed E-state index contributed by atoms with van der Waals surface area (Å²) in [5, 5.41) is 0.118. The maximum atomic E-state index is 5.92. The van der Waals surface area contributed by atoms with Crippen molar-refractivity contribution in [3.63, 3.8) is 0 Å². The van der Waals surface area contributed by atoms with Gasteiger partial charge in [-0.15, -0.1) is 0 Å². The molecule has 0 aliphatic carbocycles. The molecule has 100 valence electrons. The largest absolute Gasteiger partial charge is 0.530 e. The zero-order chi connectivity index (χ0) is 13.7. The Morgan fingerprint density at radius 3 is 2.18 bits per heavy atom. The Hall–Kier alpha value is -0.483. The monoisotopic (exact) mass is 277 g/mol. The highest BCUT2D eigenvalue weighted by molar-refractivity contribution is 6.74. The standard InChI is InChI=1S/C12H24ClNO2Si/c1-10(2)15-9-14-11(8-13)16-17(6,7)12(3,4)5/h8-10H,1-7H3/b11-8+,14-9+. The van der Waals surface area contributed by atoms with E-state index in [9.17, 15) is 0 Å². The first-order valence-electron chi connectivity index (χ1n) is 5.77. The van der Waals surface area contributed by atoms with Gasteiger partial charge < -0.3 is 9.16 Å². The summed E-state index contributed by atoms with van der Waals surface area (Å²) in [6, 6.07) is 0. The maximum Gasteiger partial charge on any atom is 0.252 e. The van der Waals surface area contributed by atoms with Crippen LogP contribution < -0.4 is 0 Å². The minimum absolute atomic E-state index is 0.100. The molecule has 0 spiro atoms. The van der Waals surface area contributed by atoms with Gasteiger partial charge in [0.15, 0.2) is 6.40 Å². The zero-order valence-electron chi connectivity index (χ0n) is 11.9. The van der Waals surface area contributed by atoms with E-state index in [1.165, 1.54) is 11.9 Å². The molecule has 0 aromatic rings. The molecule has 0 rings (SSSR count). The van der Waals surface area contributed by atoms with Gasteiger partial charge in [0.25, 0.3) is 8.32 Å². The van der Waals surface area contributed by atoms with Crippen molar-refractivity contribution in [1.29, 1.82) is 0 Å². The third-order valence-electron chi connectivity index (χ3n) is 2.77. The average Bonchev–Trinajstić information content (AvgIpc) is 2.13. The zero-order valence-corrected chi connectivity index (χ0v) is 13.6. The minimum Gasteiger partial charge on any atom is -0.530 e. The Morgan fingerprint density at radius 2 is 1.82 bits per heavy atom. The van der Waals surface area contributed by atoms with Crippen molar-refractivity contribution in [3.05, 3.63) is 11.4 Å². The molecule has 5 heteroatoms. The highest BCUT2D eigenvalue weighted by Crippen LogP contribution is 2.38. The van der Waals surface area contributed by atoms with Crippen LogP contribution in [-0.2, 0) is 9.16 Å². The van der Waals surface area contributed by atoms with E-state index in [0.29, 0.717) is 5.88 Å². The fourth-order valence-electron chi connectivity index (χ4n) is 0.695. The highest BCUT2D eigenvalue weighted by atomic mass is 35.5. The van der Waals surface area contributed by atoms with Crippen molar-refractivity contribution in [1.82, 2.24) is 0 Å². The lowest BCUT2D eigenvalue weighted by Crippen LogP contribution is -2.40. The van der Waals surface area contributed by atoms with Gasteiger partial charge in [-0.25, -0.2) is 0 Å². The number of halogens is 1. The summed E-state index contributed by atoms with van der Waals surface area (Å²) >= 11 is 5.70. The molecule has 0 aromatic heterocycles. The molecule has 0 aliphatic rings.